The summed E-state index contributed by atoms with van der Waals surface area (Å²) in [6.07, 6.45) is 3.92. The van der Waals surface area contributed by atoms with E-state index in [1.165, 1.54) is 25.4 Å². The van der Waals surface area contributed by atoms with E-state index in [4.69, 9.17) is 4.74 Å². The highest BCUT2D eigenvalue weighted by molar-refractivity contribution is 6.02. The SMILES string of the molecule is COc1c(C(=O)N[C@@H]2C[C@@H]2c2cccc(F)c2)cnc2c1cnn2C. The minimum Gasteiger partial charge on any atom is -0.495 e. The summed E-state index contributed by atoms with van der Waals surface area (Å²) in [5, 5.41) is 7.81. The monoisotopic (exact) mass is 340 g/mol. The van der Waals surface area contributed by atoms with E-state index < -0.39 is 0 Å². The van der Waals surface area contributed by atoms with Crippen LogP contribution in [0.2, 0.25) is 0 Å². The number of aromatic nitrogens is 3. The number of amides is 1. The van der Waals surface area contributed by atoms with E-state index in [2.05, 4.69) is 15.4 Å². The van der Waals surface area contributed by atoms with Gasteiger partial charge in [-0.15, -0.1) is 0 Å². The Morgan fingerprint density at radius 2 is 2.24 bits per heavy atom. The molecule has 1 aromatic carbocycles. The fraction of sp³-hybridized carbons (Fsp3) is 0.278. The van der Waals surface area contributed by atoms with Gasteiger partial charge in [-0.2, -0.15) is 5.10 Å². The maximum Gasteiger partial charge on any atom is 0.256 e. The molecule has 0 radical (unpaired) electrons. The van der Waals surface area contributed by atoms with Gasteiger partial charge in [0.15, 0.2) is 5.65 Å². The quantitative estimate of drug-likeness (QED) is 0.792. The van der Waals surface area contributed by atoms with Gasteiger partial charge in [-0.3, -0.25) is 9.48 Å². The number of halogens is 1. The van der Waals surface area contributed by atoms with Gasteiger partial charge < -0.3 is 10.1 Å². The van der Waals surface area contributed by atoms with Crippen LogP contribution in [0, 0.1) is 5.82 Å². The molecule has 1 saturated carbocycles. The van der Waals surface area contributed by atoms with Crippen LogP contribution in [0.25, 0.3) is 11.0 Å². The first-order valence-electron chi connectivity index (χ1n) is 7.99. The third kappa shape index (κ3) is 2.71. The van der Waals surface area contributed by atoms with E-state index in [9.17, 15) is 9.18 Å². The van der Waals surface area contributed by atoms with E-state index in [-0.39, 0.29) is 23.7 Å². The van der Waals surface area contributed by atoms with Gasteiger partial charge in [0.05, 0.1) is 18.7 Å². The summed E-state index contributed by atoms with van der Waals surface area (Å²) in [6.45, 7) is 0. The second-order valence-electron chi connectivity index (χ2n) is 6.19. The molecule has 0 aliphatic heterocycles. The van der Waals surface area contributed by atoms with Crippen molar-refractivity contribution in [2.75, 3.05) is 7.11 Å². The third-order valence-corrected chi connectivity index (χ3v) is 4.55. The largest absolute Gasteiger partial charge is 0.495 e. The van der Waals surface area contributed by atoms with E-state index in [1.54, 1.807) is 24.0 Å². The third-order valence-electron chi connectivity index (χ3n) is 4.55. The Bertz CT molecular complexity index is 969. The number of benzene rings is 1. The first-order valence-corrected chi connectivity index (χ1v) is 7.99. The van der Waals surface area contributed by atoms with Crippen molar-refractivity contribution in [3.8, 4) is 5.75 Å². The second-order valence-corrected chi connectivity index (χ2v) is 6.19. The average Bonchev–Trinajstić information content (AvgIpc) is 3.27. The second kappa shape index (κ2) is 5.84. The Morgan fingerprint density at radius 1 is 1.40 bits per heavy atom. The van der Waals surface area contributed by atoms with Crippen LogP contribution >= 0.6 is 0 Å². The van der Waals surface area contributed by atoms with E-state index >= 15 is 0 Å². The van der Waals surface area contributed by atoms with Crippen LogP contribution in [0.1, 0.15) is 28.3 Å². The molecule has 1 N–H and O–H groups in total. The van der Waals surface area contributed by atoms with Crippen molar-refractivity contribution < 1.29 is 13.9 Å². The summed E-state index contributed by atoms with van der Waals surface area (Å²) >= 11 is 0. The van der Waals surface area contributed by atoms with Gasteiger partial charge in [0.2, 0.25) is 0 Å². The Labute approximate surface area is 143 Å². The van der Waals surface area contributed by atoms with Crippen LogP contribution in [0.4, 0.5) is 4.39 Å². The number of hydrogen-bond acceptors (Lipinski definition) is 4. The van der Waals surface area contributed by atoms with Gasteiger partial charge in [0.1, 0.15) is 17.1 Å². The molecule has 2 heterocycles. The molecule has 1 amide bonds. The summed E-state index contributed by atoms with van der Waals surface area (Å²) < 4.78 is 20.4. The lowest BCUT2D eigenvalue weighted by atomic mass is 10.1. The number of nitrogens with zero attached hydrogens (tertiary/aromatic N) is 3. The zero-order chi connectivity index (χ0) is 17.6. The van der Waals surface area contributed by atoms with Gasteiger partial charge in [-0.05, 0) is 24.1 Å². The minimum absolute atomic E-state index is 0.0106. The number of carbonyl (C=O) groups is 1. The molecule has 1 fully saturated rings. The summed E-state index contributed by atoms with van der Waals surface area (Å²) in [7, 11) is 3.30. The van der Waals surface area contributed by atoms with Gasteiger partial charge in [-0.1, -0.05) is 12.1 Å². The molecule has 2 aromatic heterocycles. The van der Waals surface area contributed by atoms with Gasteiger partial charge in [0.25, 0.3) is 5.91 Å². The summed E-state index contributed by atoms with van der Waals surface area (Å²) in [5.74, 6) is 0.0839. The highest BCUT2D eigenvalue weighted by atomic mass is 19.1. The van der Waals surface area contributed by atoms with Crippen molar-refractivity contribution in [2.45, 2.75) is 18.4 Å². The minimum atomic E-state index is -0.262. The van der Waals surface area contributed by atoms with Crippen molar-refractivity contribution in [2.24, 2.45) is 7.05 Å². The predicted molar refractivity (Wildman–Crippen MR) is 90.1 cm³/mol. The van der Waals surface area contributed by atoms with Crippen LogP contribution in [-0.4, -0.2) is 33.8 Å². The zero-order valence-electron chi connectivity index (χ0n) is 13.9. The van der Waals surface area contributed by atoms with E-state index in [0.717, 1.165) is 12.0 Å². The van der Waals surface area contributed by atoms with Crippen molar-refractivity contribution in [3.05, 3.63) is 53.6 Å². The summed E-state index contributed by atoms with van der Waals surface area (Å²) in [6, 6.07) is 6.48. The summed E-state index contributed by atoms with van der Waals surface area (Å²) in [4.78, 5) is 16.9. The molecule has 1 aliphatic rings. The number of ether oxygens (including phenoxy) is 1. The molecule has 7 heteroatoms. The lowest BCUT2D eigenvalue weighted by molar-refractivity contribution is 0.0947. The number of nitrogens with one attached hydrogen (secondary N) is 1. The average molecular weight is 340 g/mol. The molecule has 6 nitrogen and oxygen atoms in total. The Kier molecular flexibility index (Phi) is 3.63. The zero-order valence-corrected chi connectivity index (χ0v) is 13.9. The predicted octanol–water partition coefficient (Wildman–Crippen LogP) is 2.40. The highest BCUT2D eigenvalue weighted by Gasteiger charge is 2.40. The number of hydrogen-bond donors (Lipinski definition) is 1. The molecule has 0 saturated heterocycles. The van der Waals surface area contributed by atoms with Crippen molar-refractivity contribution >= 4 is 16.9 Å². The number of rotatable bonds is 4. The molecular weight excluding hydrogens is 323 g/mol. The molecule has 128 valence electrons. The molecular formula is C18H17FN4O2. The van der Waals surface area contributed by atoms with E-state index in [1.807, 2.05) is 6.07 Å². The molecule has 0 bridgehead atoms. The van der Waals surface area contributed by atoms with Crippen LogP contribution in [0.5, 0.6) is 5.75 Å². The first-order chi connectivity index (χ1) is 12.1. The van der Waals surface area contributed by atoms with Crippen LogP contribution in [0.3, 0.4) is 0 Å². The van der Waals surface area contributed by atoms with E-state index in [0.29, 0.717) is 22.3 Å². The molecule has 0 spiro atoms. The first kappa shape index (κ1) is 15.6. The topological polar surface area (TPSA) is 69.0 Å². The van der Waals surface area contributed by atoms with Gasteiger partial charge in [-0.25, -0.2) is 9.37 Å². The fourth-order valence-corrected chi connectivity index (χ4v) is 3.16. The Hall–Kier alpha value is -2.96. The standard InChI is InChI=1S/C18H17FN4O2/c1-23-17-13(9-21-23)16(25-2)14(8-20-17)18(24)22-15-7-12(15)10-4-3-5-11(19)6-10/h3-6,8-9,12,15H,7H2,1-2H3,(H,22,24)/t12-,15-/m1/s1. The van der Waals surface area contributed by atoms with Crippen LogP contribution in [0.15, 0.2) is 36.7 Å². The Morgan fingerprint density at radius 3 is 3.00 bits per heavy atom. The molecule has 3 aromatic rings. The van der Waals surface area contributed by atoms with Gasteiger partial charge in [0, 0.05) is 25.2 Å². The number of methoxy groups -OCH3 is 1. The van der Waals surface area contributed by atoms with Crippen molar-refractivity contribution in [1.29, 1.82) is 0 Å². The number of carbonyl (C=O) groups excluding carboxylic acids is 1. The number of fused-ring (bicyclic) bond motifs is 1. The highest BCUT2D eigenvalue weighted by Crippen LogP contribution is 2.41. The van der Waals surface area contributed by atoms with Crippen molar-refractivity contribution in [3.63, 3.8) is 0 Å². The number of aryl methyl sites for hydroxylation is 1. The lowest BCUT2D eigenvalue weighted by Crippen LogP contribution is -2.27. The maximum absolute atomic E-state index is 13.3. The lowest BCUT2D eigenvalue weighted by Gasteiger charge is -2.10. The summed E-state index contributed by atoms with van der Waals surface area (Å²) in [5.41, 5.74) is 1.92. The van der Waals surface area contributed by atoms with Crippen LogP contribution in [-0.2, 0) is 7.05 Å². The molecule has 25 heavy (non-hydrogen) atoms. The van der Waals surface area contributed by atoms with Crippen molar-refractivity contribution in [1.82, 2.24) is 20.1 Å². The fourth-order valence-electron chi connectivity index (χ4n) is 3.16. The smallest absolute Gasteiger partial charge is 0.256 e. The normalized spacial score (nSPS) is 19.0. The van der Waals surface area contributed by atoms with Gasteiger partial charge >= 0.3 is 0 Å². The Balaban J connectivity index is 1.55. The molecule has 2 atom stereocenters. The molecule has 4 rings (SSSR count). The molecule has 1 aliphatic carbocycles. The van der Waals surface area contributed by atoms with Crippen LogP contribution < -0.4 is 10.1 Å². The molecule has 0 unspecified atom stereocenters. The number of pyridine rings is 1. The maximum atomic E-state index is 13.3.